The van der Waals surface area contributed by atoms with Crippen molar-refractivity contribution in [3.05, 3.63) is 41.8 Å². The van der Waals surface area contributed by atoms with Crippen LogP contribution in [0.5, 0.6) is 0 Å². The van der Waals surface area contributed by atoms with Crippen LogP contribution in [0.3, 0.4) is 0 Å². The maximum Gasteiger partial charge on any atom is 0.138 e. The summed E-state index contributed by atoms with van der Waals surface area (Å²) >= 11 is 0. The van der Waals surface area contributed by atoms with Crippen molar-refractivity contribution >= 4 is 33.3 Å². The molecule has 0 aliphatic carbocycles. The molecule has 4 heteroatoms. The van der Waals surface area contributed by atoms with Gasteiger partial charge in [-0.1, -0.05) is 6.92 Å². The van der Waals surface area contributed by atoms with Crippen LogP contribution in [-0.2, 0) is 0 Å². The van der Waals surface area contributed by atoms with E-state index in [0.29, 0.717) is 0 Å². The van der Waals surface area contributed by atoms with Crippen LogP contribution in [0, 0.1) is 0 Å². The van der Waals surface area contributed by atoms with Gasteiger partial charge in [0.2, 0.25) is 0 Å². The summed E-state index contributed by atoms with van der Waals surface area (Å²) in [5, 5.41) is 3.33. The highest BCUT2D eigenvalue weighted by Gasteiger charge is 2.16. The van der Waals surface area contributed by atoms with Gasteiger partial charge in [0.15, 0.2) is 0 Å². The largest absolute Gasteiger partial charge is 0.456 e. The lowest BCUT2D eigenvalue weighted by molar-refractivity contribution is 0.576. The Morgan fingerprint density at radius 2 is 1.26 bits per heavy atom. The van der Waals surface area contributed by atoms with Crippen molar-refractivity contribution in [1.82, 2.24) is 0 Å². The first-order valence-electron chi connectivity index (χ1n) is 12.3. The molecule has 4 nitrogen and oxygen atoms in total. The zero-order chi connectivity index (χ0) is 21.2. The van der Waals surface area contributed by atoms with E-state index in [9.17, 15) is 0 Å². The summed E-state index contributed by atoms with van der Waals surface area (Å²) in [6.07, 6.45) is 8.84. The number of fused-ring (bicyclic) bond motifs is 2. The molecule has 0 N–H and O–H groups in total. The van der Waals surface area contributed by atoms with Gasteiger partial charge in [-0.25, -0.2) is 0 Å². The van der Waals surface area contributed by atoms with E-state index in [4.69, 9.17) is 9.41 Å². The van der Waals surface area contributed by atoms with E-state index in [1.165, 1.54) is 49.9 Å². The molecule has 2 aliphatic heterocycles. The molecule has 164 valence electrons. The Morgan fingerprint density at radius 1 is 0.774 bits per heavy atom. The fourth-order valence-corrected chi connectivity index (χ4v) is 4.99. The minimum atomic E-state index is 0.289. The molecule has 2 aromatic carbocycles. The van der Waals surface area contributed by atoms with Gasteiger partial charge in [0, 0.05) is 66.5 Å². The van der Waals surface area contributed by atoms with Gasteiger partial charge in [-0.05, 0) is 76.1 Å². The van der Waals surface area contributed by atoms with Crippen molar-refractivity contribution in [3.8, 4) is 0 Å². The second-order valence-electron chi connectivity index (χ2n) is 9.29. The molecular formula is C27H35N3O. The quantitative estimate of drug-likeness (QED) is 0.469. The van der Waals surface area contributed by atoms with Gasteiger partial charge in [0.25, 0.3) is 0 Å². The molecule has 1 aromatic heterocycles. The summed E-state index contributed by atoms with van der Waals surface area (Å²) in [5.41, 5.74) is 4.45. The zero-order valence-corrected chi connectivity index (χ0v) is 19.1. The van der Waals surface area contributed by atoms with Crippen molar-refractivity contribution in [3.63, 3.8) is 0 Å². The first-order valence-corrected chi connectivity index (χ1v) is 12.3. The predicted octanol–water partition coefficient (Wildman–Crippen LogP) is 6.27. The monoisotopic (exact) mass is 417 g/mol. The first kappa shape index (κ1) is 20.4. The van der Waals surface area contributed by atoms with Gasteiger partial charge in [-0.15, -0.1) is 0 Å². The van der Waals surface area contributed by atoms with Crippen LogP contribution in [0.4, 0.5) is 11.4 Å². The smallest absolute Gasteiger partial charge is 0.138 e. The van der Waals surface area contributed by atoms with E-state index in [1.54, 1.807) is 0 Å². The molecule has 0 spiro atoms. The highest BCUT2D eigenvalue weighted by molar-refractivity contribution is 5.92. The normalized spacial score (nSPS) is 18.5. The Labute approximate surface area is 185 Å². The summed E-state index contributed by atoms with van der Waals surface area (Å²) in [6, 6.07) is 13.7. The minimum absolute atomic E-state index is 0.289. The molecule has 0 radical (unpaired) electrons. The number of piperidine rings is 2. The van der Waals surface area contributed by atoms with E-state index in [1.807, 2.05) is 0 Å². The fourth-order valence-electron chi connectivity index (χ4n) is 4.99. The first-order chi connectivity index (χ1) is 15.2. The second kappa shape index (κ2) is 8.94. The lowest BCUT2D eigenvalue weighted by Gasteiger charge is -2.29. The molecule has 0 bridgehead atoms. The number of anilines is 2. The van der Waals surface area contributed by atoms with E-state index in [2.05, 4.69) is 60.0 Å². The standard InChI is InChI=1S/C27H35N3O/c1-3-20(2)28-27-23-12-10-21(29-14-6-4-7-15-29)18-25(23)31-26-19-22(11-13-24(26)27)30-16-8-5-9-17-30/h10-13,18-20H,3-9,14-17H2,1-2H3/t20-/m1/s1. The predicted molar refractivity (Wildman–Crippen MR) is 131 cm³/mol. The minimum Gasteiger partial charge on any atom is -0.456 e. The molecule has 5 rings (SSSR count). The van der Waals surface area contributed by atoms with Crippen LogP contribution < -0.4 is 15.2 Å². The molecule has 2 saturated heterocycles. The fraction of sp³-hybridized carbons (Fsp3) is 0.519. The molecule has 31 heavy (non-hydrogen) atoms. The average Bonchev–Trinajstić information content (AvgIpc) is 2.84. The van der Waals surface area contributed by atoms with Crippen molar-refractivity contribution in [2.45, 2.75) is 64.8 Å². The Bertz CT molecular complexity index is 1040. The van der Waals surface area contributed by atoms with Crippen LogP contribution in [0.15, 0.2) is 45.8 Å². The highest BCUT2D eigenvalue weighted by Crippen LogP contribution is 2.29. The molecule has 1 atom stereocenters. The third kappa shape index (κ3) is 4.17. The number of hydrogen-bond acceptors (Lipinski definition) is 4. The van der Waals surface area contributed by atoms with Crippen LogP contribution in [0.25, 0.3) is 21.9 Å². The second-order valence-corrected chi connectivity index (χ2v) is 9.29. The molecule has 0 unspecified atom stereocenters. The van der Waals surface area contributed by atoms with Crippen molar-refractivity contribution < 1.29 is 4.42 Å². The Hall–Kier alpha value is -2.49. The molecule has 2 aliphatic rings. The summed E-state index contributed by atoms with van der Waals surface area (Å²) in [7, 11) is 0. The number of nitrogens with zero attached hydrogens (tertiary/aromatic N) is 3. The lowest BCUT2D eigenvalue weighted by Crippen LogP contribution is -2.29. The molecule has 3 heterocycles. The van der Waals surface area contributed by atoms with E-state index < -0.39 is 0 Å². The van der Waals surface area contributed by atoms with Gasteiger partial charge in [-0.3, -0.25) is 4.99 Å². The van der Waals surface area contributed by atoms with Gasteiger partial charge in [0.05, 0.1) is 5.36 Å². The molecule has 0 amide bonds. The van der Waals surface area contributed by atoms with Crippen molar-refractivity contribution in [1.29, 1.82) is 0 Å². The van der Waals surface area contributed by atoms with Gasteiger partial charge >= 0.3 is 0 Å². The summed E-state index contributed by atoms with van der Waals surface area (Å²) < 4.78 is 6.55. The SMILES string of the molecule is CC[C@@H](C)N=c1c2ccc(N3CCCCC3)cc2oc2cc(N3CCCCC3)ccc12. The van der Waals surface area contributed by atoms with E-state index >= 15 is 0 Å². The summed E-state index contributed by atoms with van der Waals surface area (Å²) in [4.78, 5) is 10.1. The van der Waals surface area contributed by atoms with Crippen molar-refractivity contribution in [2.75, 3.05) is 36.0 Å². The van der Waals surface area contributed by atoms with Crippen LogP contribution in [0.1, 0.15) is 58.8 Å². The van der Waals surface area contributed by atoms with Crippen LogP contribution in [-0.4, -0.2) is 32.2 Å². The van der Waals surface area contributed by atoms with E-state index in [-0.39, 0.29) is 6.04 Å². The number of rotatable bonds is 4. The third-order valence-electron chi connectivity index (χ3n) is 7.04. The molecule has 0 saturated carbocycles. The molecular weight excluding hydrogens is 382 g/mol. The lowest BCUT2D eigenvalue weighted by atomic mass is 10.1. The van der Waals surface area contributed by atoms with Crippen LogP contribution >= 0.6 is 0 Å². The Kier molecular flexibility index (Phi) is 5.89. The van der Waals surface area contributed by atoms with Gasteiger partial charge in [0.1, 0.15) is 11.2 Å². The average molecular weight is 418 g/mol. The van der Waals surface area contributed by atoms with Gasteiger partial charge < -0.3 is 14.2 Å². The van der Waals surface area contributed by atoms with Crippen LogP contribution in [0.2, 0.25) is 0 Å². The molecule has 2 fully saturated rings. The topological polar surface area (TPSA) is 32.0 Å². The Balaban J connectivity index is 1.67. The summed E-state index contributed by atoms with van der Waals surface area (Å²) in [5.74, 6) is 0. The number of benzene rings is 2. The maximum atomic E-state index is 6.55. The Morgan fingerprint density at radius 3 is 1.71 bits per heavy atom. The van der Waals surface area contributed by atoms with Crippen molar-refractivity contribution in [2.24, 2.45) is 4.99 Å². The molecule has 3 aromatic rings. The maximum absolute atomic E-state index is 6.55. The van der Waals surface area contributed by atoms with E-state index in [0.717, 1.165) is 59.9 Å². The highest BCUT2D eigenvalue weighted by atomic mass is 16.3. The zero-order valence-electron chi connectivity index (χ0n) is 19.1. The summed E-state index contributed by atoms with van der Waals surface area (Å²) in [6.45, 7) is 8.97. The number of hydrogen-bond donors (Lipinski definition) is 0. The van der Waals surface area contributed by atoms with Gasteiger partial charge in [-0.2, -0.15) is 0 Å². The third-order valence-corrected chi connectivity index (χ3v) is 7.04.